The number of hydrogen-bond acceptors (Lipinski definition) is 4. The number of nitrogens with zero attached hydrogens (tertiary/aromatic N) is 2. The summed E-state index contributed by atoms with van der Waals surface area (Å²) in [5.41, 5.74) is 0.199. The van der Waals surface area contributed by atoms with Gasteiger partial charge in [0, 0.05) is 31.2 Å². The van der Waals surface area contributed by atoms with Gasteiger partial charge in [-0.1, -0.05) is 6.42 Å². The first-order valence-corrected chi connectivity index (χ1v) is 9.37. The average molecular weight is 396 g/mol. The first-order valence-electron chi connectivity index (χ1n) is 9.37. The minimum absolute atomic E-state index is 0. The fraction of sp³-hybridized carbons (Fsp3) is 0.944. The zero-order chi connectivity index (χ0) is 16.4. The maximum Gasteiger partial charge on any atom is 0.245 e. The molecule has 1 amide bonds. The molecule has 2 aliphatic heterocycles. The summed E-state index contributed by atoms with van der Waals surface area (Å²) < 4.78 is 0. The Morgan fingerprint density at radius 3 is 2.32 bits per heavy atom. The van der Waals surface area contributed by atoms with Crippen LogP contribution in [0.15, 0.2) is 0 Å². The van der Waals surface area contributed by atoms with Gasteiger partial charge in [0.1, 0.15) is 6.61 Å². The van der Waals surface area contributed by atoms with Crippen LogP contribution in [0.5, 0.6) is 0 Å². The molecule has 2 saturated heterocycles. The van der Waals surface area contributed by atoms with Crippen molar-refractivity contribution in [1.82, 2.24) is 15.1 Å². The molecule has 0 spiro atoms. The summed E-state index contributed by atoms with van der Waals surface area (Å²) in [7, 11) is 0. The molecule has 148 valence electrons. The van der Waals surface area contributed by atoms with Gasteiger partial charge in [-0.05, 0) is 64.5 Å². The van der Waals surface area contributed by atoms with E-state index in [2.05, 4.69) is 29.0 Å². The highest BCUT2D eigenvalue weighted by Crippen LogP contribution is 2.41. The lowest BCUT2D eigenvalue weighted by molar-refractivity contribution is -0.124. The highest BCUT2D eigenvalue weighted by atomic mass is 35.5. The third kappa shape index (κ3) is 5.96. The first-order chi connectivity index (χ1) is 11.0. The van der Waals surface area contributed by atoms with E-state index in [-0.39, 0.29) is 42.3 Å². The van der Waals surface area contributed by atoms with Crippen molar-refractivity contribution in [2.24, 2.45) is 11.8 Å². The molecule has 2 N–H and O–H groups in total. The molecular formula is C18H35Cl2N3O2. The Balaban J connectivity index is 0.00000156. The van der Waals surface area contributed by atoms with Crippen LogP contribution in [-0.2, 0) is 4.79 Å². The number of rotatable bonds is 6. The van der Waals surface area contributed by atoms with Crippen LogP contribution < -0.4 is 5.32 Å². The van der Waals surface area contributed by atoms with Crippen molar-refractivity contribution in [3.63, 3.8) is 0 Å². The number of piperidine rings is 1. The van der Waals surface area contributed by atoms with Crippen molar-refractivity contribution in [2.45, 2.75) is 57.5 Å². The molecule has 3 fully saturated rings. The molecule has 1 aliphatic carbocycles. The zero-order valence-electron chi connectivity index (χ0n) is 15.6. The van der Waals surface area contributed by atoms with Gasteiger partial charge < -0.3 is 10.4 Å². The molecule has 7 heteroatoms. The van der Waals surface area contributed by atoms with Crippen LogP contribution in [0.2, 0.25) is 0 Å². The Morgan fingerprint density at radius 2 is 1.76 bits per heavy atom. The van der Waals surface area contributed by atoms with E-state index in [9.17, 15) is 4.79 Å². The number of halogens is 2. The van der Waals surface area contributed by atoms with Crippen LogP contribution in [0, 0.1) is 11.8 Å². The van der Waals surface area contributed by atoms with Crippen molar-refractivity contribution in [3.8, 4) is 0 Å². The van der Waals surface area contributed by atoms with E-state index in [1.807, 2.05) is 0 Å². The predicted molar refractivity (Wildman–Crippen MR) is 106 cm³/mol. The number of nitrogens with one attached hydrogen (secondary N) is 1. The topological polar surface area (TPSA) is 55.8 Å². The molecule has 3 aliphatic rings. The van der Waals surface area contributed by atoms with Gasteiger partial charge in [-0.15, -0.1) is 24.8 Å². The van der Waals surface area contributed by atoms with Crippen molar-refractivity contribution in [3.05, 3.63) is 0 Å². The van der Waals surface area contributed by atoms with Crippen LogP contribution in [0.4, 0.5) is 0 Å². The van der Waals surface area contributed by atoms with Crippen LogP contribution in [-0.4, -0.2) is 71.7 Å². The number of likely N-dealkylation sites (tertiary alicyclic amines) is 2. The molecule has 3 rings (SSSR count). The molecular weight excluding hydrogens is 361 g/mol. The molecule has 1 saturated carbocycles. The molecule has 25 heavy (non-hydrogen) atoms. The number of aliphatic hydroxyl groups is 1. The summed E-state index contributed by atoms with van der Waals surface area (Å²) >= 11 is 0. The fourth-order valence-corrected chi connectivity index (χ4v) is 4.60. The molecule has 0 unspecified atom stereocenters. The lowest BCUT2D eigenvalue weighted by atomic mass is 9.97. The van der Waals surface area contributed by atoms with E-state index in [1.165, 1.54) is 45.2 Å². The number of aliphatic hydroxyl groups excluding tert-OH is 1. The van der Waals surface area contributed by atoms with Gasteiger partial charge in [0.2, 0.25) is 5.91 Å². The van der Waals surface area contributed by atoms with Crippen LogP contribution in [0.1, 0.15) is 46.0 Å². The van der Waals surface area contributed by atoms with Gasteiger partial charge in [0.05, 0.1) is 0 Å². The Bertz CT molecular complexity index is 427. The summed E-state index contributed by atoms with van der Waals surface area (Å²) in [6, 6.07) is 0.222. The number of carbonyl (C=O) groups excluding carboxylic acids is 1. The van der Waals surface area contributed by atoms with Gasteiger partial charge in [-0.25, -0.2) is 0 Å². The lowest BCUT2D eigenvalue weighted by Crippen LogP contribution is -2.53. The number of carbonyl (C=O) groups is 1. The van der Waals surface area contributed by atoms with E-state index < -0.39 is 6.61 Å². The summed E-state index contributed by atoms with van der Waals surface area (Å²) in [6.07, 6.45) is 6.63. The van der Waals surface area contributed by atoms with Crippen molar-refractivity contribution in [2.75, 3.05) is 39.3 Å². The largest absolute Gasteiger partial charge is 0.387 e. The van der Waals surface area contributed by atoms with Gasteiger partial charge in [-0.2, -0.15) is 0 Å². The molecule has 5 nitrogen and oxygen atoms in total. The van der Waals surface area contributed by atoms with E-state index in [4.69, 9.17) is 5.11 Å². The predicted octanol–water partition coefficient (Wildman–Crippen LogP) is 1.91. The molecule has 0 aromatic rings. The van der Waals surface area contributed by atoms with Gasteiger partial charge in [-0.3, -0.25) is 14.6 Å². The molecule has 2 heterocycles. The standard InChI is InChI=1S/C18H33N3O2.2ClH/c1-18(2,21-8-4-3-5-9-21)13-20-10-15(14-6-7-14)16(11-20)19-17(23)12-22;;/h14-16,22H,3-13H2,1-2H3,(H,19,23);2*1H/t15-,16+;;/m1../s1. The Morgan fingerprint density at radius 1 is 1.12 bits per heavy atom. The monoisotopic (exact) mass is 395 g/mol. The SMILES string of the molecule is CC(C)(CN1C[C@H](NC(=O)CO)[C@@H](C2CC2)C1)N1CCCCC1.Cl.Cl. The van der Waals surface area contributed by atoms with E-state index in [0.717, 1.165) is 25.6 Å². The third-order valence-corrected chi connectivity index (χ3v) is 5.98. The van der Waals surface area contributed by atoms with Crippen LogP contribution >= 0.6 is 24.8 Å². The molecule has 0 aromatic heterocycles. The quantitative estimate of drug-likeness (QED) is 0.720. The Labute approximate surface area is 164 Å². The Hall–Kier alpha value is -0.0700. The van der Waals surface area contributed by atoms with Crippen molar-refractivity contribution >= 4 is 30.7 Å². The molecule has 0 radical (unpaired) electrons. The maximum absolute atomic E-state index is 11.6. The summed E-state index contributed by atoms with van der Waals surface area (Å²) in [6.45, 7) is 9.88. The Kier molecular flexibility index (Phi) is 8.95. The van der Waals surface area contributed by atoms with Crippen LogP contribution in [0.3, 0.4) is 0 Å². The normalized spacial score (nSPS) is 28.1. The summed E-state index contributed by atoms with van der Waals surface area (Å²) in [5.74, 6) is 1.13. The van der Waals surface area contributed by atoms with Crippen molar-refractivity contribution < 1.29 is 9.90 Å². The zero-order valence-corrected chi connectivity index (χ0v) is 17.2. The average Bonchev–Trinajstić information content (AvgIpc) is 3.31. The highest BCUT2D eigenvalue weighted by Gasteiger charge is 2.44. The fourth-order valence-electron chi connectivity index (χ4n) is 4.60. The summed E-state index contributed by atoms with van der Waals surface area (Å²) in [5, 5.41) is 12.1. The minimum Gasteiger partial charge on any atom is -0.387 e. The third-order valence-electron chi connectivity index (χ3n) is 5.98. The summed E-state index contributed by atoms with van der Waals surface area (Å²) in [4.78, 5) is 16.8. The smallest absolute Gasteiger partial charge is 0.245 e. The highest BCUT2D eigenvalue weighted by molar-refractivity contribution is 5.85. The van der Waals surface area contributed by atoms with E-state index in [1.54, 1.807) is 0 Å². The minimum atomic E-state index is -0.396. The second-order valence-corrected chi connectivity index (χ2v) is 8.39. The van der Waals surface area contributed by atoms with Gasteiger partial charge >= 0.3 is 0 Å². The van der Waals surface area contributed by atoms with E-state index in [0.29, 0.717) is 5.92 Å². The van der Waals surface area contributed by atoms with E-state index >= 15 is 0 Å². The number of hydrogen-bond donors (Lipinski definition) is 2. The van der Waals surface area contributed by atoms with Gasteiger partial charge in [0.25, 0.3) is 0 Å². The molecule has 0 bridgehead atoms. The maximum atomic E-state index is 11.6. The second kappa shape index (κ2) is 9.75. The second-order valence-electron chi connectivity index (χ2n) is 8.39. The first kappa shape index (κ1) is 23.0. The van der Waals surface area contributed by atoms with Gasteiger partial charge in [0.15, 0.2) is 0 Å². The lowest BCUT2D eigenvalue weighted by Gasteiger charge is -2.43. The van der Waals surface area contributed by atoms with Crippen molar-refractivity contribution in [1.29, 1.82) is 0 Å². The number of amides is 1. The molecule has 0 aromatic carbocycles. The van der Waals surface area contributed by atoms with Crippen LogP contribution in [0.25, 0.3) is 0 Å². The molecule has 2 atom stereocenters.